The van der Waals surface area contributed by atoms with Gasteiger partial charge in [0.2, 0.25) is 0 Å². The van der Waals surface area contributed by atoms with Gasteiger partial charge < -0.3 is 4.79 Å². The van der Waals surface area contributed by atoms with E-state index in [1.807, 2.05) is 51.1 Å². The van der Waals surface area contributed by atoms with Crippen LogP contribution in [-0.4, -0.2) is 6.29 Å². The lowest BCUT2D eigenvalue weighted by Crippen LogP contribution is -2.18. The van der Waals surface area contributed by atoms with Crippen LogP contribution >= 0.6 is 0 Å². The molecule has 1 nitrogen and oxygen atoms in total. The highest BCUT2D eigenvalue weighted by Gasteiger charge is 2.18. The molecule has 0 bridgehead atoms. The summed E-state index contributed by atoms with van der Waals surface area (Å²) in [5, 5.41) is 0. The molecule has 0 atom stereocenters. The first-order valence-corrected chi connectivity index (χ1v) is 4.80. The molecule has 0 N–H and O–H groups in total. The summed E-state index contributed by atoms with van der Waals surface area (Å²) in [5.41, 5.74) is 1.81. The standard InChI is InChI=1S/C13H16O/c1-4-6-11-7-5-8-12(9-11)13(2,3)10-14/h4-10H,1-3H3. The van der Waals surface area contributed by atoms with Crippen molar-refractivity contribution < 1.29 is 4.79 Å². The molecular weight excluding hydrogens is 172 g/mol. The molecule has 1 heteroatoms. The summed E-state index contributed by atoms with van der Waals surface area (Å²) in [6.07, 6.45) is 5.01. The maximum absolute atomic E-state index is 10.9. The Balaban J connectivity index is 3.11. The van der Waals surface area contributed by atoms with Crippen molar-refractivity contribution >= 4 is 12.4 Å². The molecule has 0 aliphatic rings. The average Bonchev–Trinajstić information content (AvgIpc) is 2.19. The lowest BCUT2D eigenvalue weighted by atomic mass is 9.85. The Kier molecular flexibility index (Phi) is 3.23. The molecule has 0 radical (unpaired) electrons. The van der Waals surface area contributed by atoms with Crippen LogP contribution in [0.4, 0.5) is 0 Å². The Morgan fingerprint density at radius 1 is 1.29 bits per heavy atom. The Morgan fingerprint density at radius 3 is 2.57 bits per heavy atom. The van der Waals surface area contributed by atoms with Gasteiger partial charge in [-0.1, -0.05) is 36.4 Å². The number of carbonyl (C=O) groups excluding carboxylic acids is 1. The van der Waals surface area contributed by atoms with E-state index < -0.39 is 5.41 Å². The van der Waals surface area contributed by atoms with Gasteiger partial charge in [0.15, 0.2) is 0 Å². The van der Waals surface area contributed by atoms with Gasteiger partial charge in [-0.15, -0.1) is 0 Å². The highest BCUT2D eigenvalue weighted by Crippen LogP contribution is 2.21. The quantitative estimate of drug-likeness (QED) is 0.666. The molecule has 1 aromatic rings. The van der Waals surface area contributed by atoms with E-state index in [0.717, 1.165) is 17.4 Å². The molecule has 0 aromatic heterocycles. The molecule has 0 spiro atoms. The molecule has 14 heavy (non-hydrogen) atoms. The van der Waals surface area contributed by atoms with Gasteiger partial charge in [-0.25, -0.2) is 0 Å². The zero-order valence-electron chi connectivity index (χ0n) is 8.95. The van der Waals surface area contributed by atoms with Crippen LogP contribution < -0.4 is 0 Å². The lowest BCUT2D eigenvalue weighted by molar-refractivity contribution is -0.111. The van der Waals surface area contributed by atoms with E-state index in [-0.39, 0.29) is 0 Å². The van der Waals surface area contributed by atoms with Gasteiger partial charge in [0.25, 0.3) is 0 Å². The zero-order valence-corrected chi connectivity index (χ0v) is 8.95. The molecule has 1 aromatic carbocycles. The van der Waals surface area contributed by atoms with Crippen molar-refractivity contribution in [2.75, 3.05) is 0 Å². The average molecular weight is 188 g/mol. The van der Waals surface area contributed by atoms with Gasteiger partial charge >= 0.3 is 0 Å². The molecule has 0 saturated heterocycles. The molecular formula is C13H16O. The molecule has 0 aliphatic carbocycles. The number of rotatable bonds is 3. The smallest absolute Gasteiger partial charge is 0.129 e. The van der Waals surface area contributed by atoms with Crippen molar-refractivity contribution in [3.8, 4) is 0 Å². The van der Waals surface area contributed by atoms with Crippen molar-refractivity contribution in [1.29, 1.82) is 0 Å². The second-order valence-corrected chi connectivity index (χ2v) is 3.97. The molecule has 0 heterocycles. The van der Waals surface area contributed by atoms with Crippen LogP contribution in [0.3, 0.4) is 0 Å². The van der Waals surface area contributed by atoms with Gasteiger partial charge in [0, 0.05) is 5.41 Å². The van der Waals surface area contributed by atoms with Crippen molar-refractivity contribution in [1.82, 2.24) is 0 Å². The van der Waals surface area contributed by atoms with Crippen LogP contribution in [0.2, 0.25) is 0 Å². The highest BCUT2D eigenvalue weighted by molar-refractivity contribution is 5.68. The minimum absolute atomic E-state index is 0.391. The summed E-state index contributed by atoms with van der Waals surface area (Å²) in [6, 6.07) is 8.05. The molecule has 0 fully saturated rings. The molecule has 0 amide bonds. The van der Waals surface area contributed by atoms with E-state index in [2.05, 4.69) is 6.07 Å². The summed E-state index contributed by atoms with van der Waals surface area (Å²) >= 11 is 0. The Hall–Kier alpha value is -1.37. The number of allylic oxidation sites excluding steroid dienone is 1. The van der Waals surface area contributed by atoms with Crippen molar-refractivity contribution in [3.05, 3.63) is 41.5 Å². The largest absolute Gasteiger partial charge is 0.302 e. The minimum atomic E-state index is -0.391. The second kappa shape index (κ2) is 4.23. The second-order valence-electron chi connectivity index (χ2n) is 3.97. The fourth-order valence-electron chi connectivity index (χ4n) is 1.30. The number of carbonyl (C=O) groups is 1. The van der Waals surface area contributed by atoms with Crippen LogP contribution in [0.5, 0.6) is 0 Å². The van der Waals surface area contributed by atoms with Crippen LogP contribution in [0.1, 0.15) is 31.9 Å². The number of aldehydes is 1. The monoisotopic (exact) mass is 188 g/mol. The molecule has 1 rings (SSSR count). The van der Waals surface area contributed by atoms with Gasteiger partial charge in [-0.3, -0.25) is 0 Å². The summed E-state index contributed by atoms with van der Waals surface area (Å²) in [6.45, 7) is 5.83. The highest BCUT2D eigenvalue weighted by atomic mass is 16.1. The maximum Gasteiger partial charge on any atom is 0.129 e. The van der Waals surface area contributed by atoms with Crippen LogP contribution in [0.15, 0.2) is 30.3 Å². The topological polar surface area (TPSA) is 17.1 Å². The van der Waals surface area contributed by atoms with Gasteiger partial charge in [-0.05, 0) is 31.9 Å². The van der Waals surface area contributed by atoms with Crippen LogP contribution in [-0.2, 0) is 10.2 Å². The summed E-state index contributed by atoms with van der Waals surface area (Å²) in [7, 11) is 0. The Morgan fingerprint density at radius 2 is 2.00 bits per heavy atom. The van der Waals surface area contributed by atoms with Crippen molar-refractivity contribution in [3.63, 3.8) is 0 Å². The fourth-order valence-corrected chi connectivity index (χ4v) is 1.30. The summed E-state index contributed by atoms with van der Waals surface area (Å²) in [5.74, 6) is 0. The van der Waals surface area contributed by atoms with E-state index in [0.29, 0.717) is 0 Å². The number of hydrogen-bond acceptors (Lipinski definition) is 1. The minimum Gasteiger partial charge on any atom is -0.302 e. The first kappa shape index (κ1) is 10.7. The third-order valence-electron chi connectivity index (χ3n) is 2.28. The predicted molar refractivity (Wildman–Crippen MR) is 60.2 cm³/mol. The maximum atomic E-state index is 10.9. The normalized spacial score (nSPS) is 11.9. The van der Waals surface area contributed by atoms with Crippen LogP contribution in [0.25, 0.3) is 6.08 Å². The fraction of sp³-hybridized carbons (Fsp3) is 0.308. The van der Waals surface area contributed by atoms with Crippen LogP contribution in [0, 0.1) is 0 Å². The van der Waals surface area contributed by atoms with Crippen molar-refractivity contribution in [2.45, 2.75) is 26.2 Å². The van der Waals surface area contributed by atoms with Gasteiger partial charge in [0.1, 0.15) is 6.29 Å². The first-order chi connectivity index (χ1) is 6.60. The van der Waals surface area contributed by atoms with Gasteiger partial charge in [0.05, 0.1) is 0 Å². The molecule has 0 saturated carbocycles. The third kappa shape index (κ3) is 2.32. The number of benzene rings is 1. The van der Waals surface area contributed by atoms with E-state index in [1.165, 1.54) is 0 Å². The lowest BCUT2D eigenvalue weighted by Gasteiger charge is -2.17. The Labute approximate surface area is 85.5 Å². The SMILES string of the molecule is CC=Cc1cccc(C(C)(C)C=O)c1. The summed E-state index contributed by atoms with van der Waals surface area (Å²) in [4.78, 5) is 10.9. The van der Waals surface area contributed by atoms with E-state index in [9.17, 15) is 4.79 Å². The first-order valence-electron chi connectivity index (χ1n) is 4.80. The predicted octanol–water partition coefficient (Wildman–Crippen LogP) is 3.20. The van der Waals surface area contributed by atoms with Gasteiger partial charge in [-0.2, -0.15) is 0 Å². The van der Waals surface area contributed by atoms with E-state index >= 15 is 0 Å². The third-order valence-corrected chi connectivity index (χ3v) is 2.28. The Bertz CT molecular complexity index is 348. The van der Waals surface area contributed by atoms with E-state index in [1.54, 1.807) is 0 Å². The molecule has 0 unspecified atom stereocenters. The van der Waals surface area contributed by atoms with Crippen molar-refractivity contribution in [2.24, 2.45) is 0 Å². The van der Waals surface area contributed by atoms with E-state index in [4.69, 9.17) is 0 Å². The number of hydrogen-bond donors (Lipinski definition) is 0. The molecule has 0 aliphatic heterocycles. The zero-order chi connectivity index (χ0) is 10.6. The molecule has 74 valence electrons. The summed E-state index contributed by atoms with van der Waals surface area (Å²) < 4.78 is 0.